The fourth-order valence-electron chi connectivity index (χ4n) is 2.79. The van der Waals surface area contributed by atoms with Crippen LogP contribution in [-0.4, -0.2) is 47.9 Å². The summed E-state index contributed by atoms with van der Waals surface area (Å²) in [6.07, 6.45) is 3.86. The lowest BCUT2D eigenvalue weighted by atomic mass is 9.82. The first-order valence-electron chi connectivity index (χ1n) is 7.11. The molecule has 0 spiro atoms. The van der Waals surface area contributed by atoms with E-state index < -0.39 is 5.41 Å². The van der Waals surface area contributed by atoms with Crippen molar-refractivity contribution in [2.24, 2.45) is 5.41 Å². The van der Waals surface area contributed by atoms with Crippen molar-refractivity contribution in [2.75, 3.05) is 26.2 Å². The summed E-state index contributed by atoms with van der Waals surface area (Å²) < 4.78 is 0. The molecule has 2 fully saturated rings. The van der Waals surface area contributed by atoms with Crippen molar-refractivity contribution in [3.8, 4) is 6.07 Å². The molecule has 1 saturated heterocycles. The van der Waals surface area contributed by atoms with Crippen molar-refractivity contribution in [1.29, 1.82) is 5.26 Å². The molecule has 1 aliphatic carbocycles. The number of carbonyl (C=O) groups excluding carboxylic acids is 1. The van der Waals surface area contributed by atoms with Gasteiger partial charge in [0.05, 0.1) is 6.07 Å². The van der Waals surface area contributed by atoms with Crippen molar-refractivity contribution >= 4 is 5.91 Å². The summed E-state index contributed by atoms with van der Waals surface area (Å²) in [5.74, 6) is 0.0467. The molecular formula is C14H23N3O. The first-order chi connectivity index (χ1) is 8.66. The monoisotopic (exact) mass is 249 g/mol. The molecule has 18 heavy (non-hydrogen) atoms. The lowest BCUT2D eigenvalue weighted by Gasteiger charge is -2.38. The second-order valence-electron chi connectivity index (χ2n) is 5.46. The van der Waals surface area contributed by atoms with Gasteiger partial charge in [-0.2, -0.15) is 5.26 Å². The van der Waals surface area contributed by atoms with E-state index in [1.807, 2.05) is 18.7 Å². The Labute approximate surface area is 110 Å². The molecule has 0 aromatic rings. The second-order valence-corrected chi connectivity index (χ2v) is 5.46. The zero-order valence-corrected chi connectivity index (χ0v) is 11.5. The average molecular weight is 249 g/mol. The number of nitrogens with zero attached hydrogens (tertiary/aromatic N) is 3. The smallest absolute Gasteiger partial charge is 0.243 e. The van der Waals surface area contributed by atoms with E-state index >= 15 is 0 Å². The molecule has 0 aromatic carbocycles. The molecule has 2 aliphatic rings. The largest absolute Gasteiger partial charge is 0.339 e. The third-order valence-electron chi connectivity index (χ3n) is 4.50. The van der Waals surface area contributed by atoms with Gasteiger partial charge in [-0.1, -0.05) is 13.8 Å². The standard InChI is InChI=1S/C14H23N3O/c1-3-14(4-2,11-15)13(18)17-9-7-16(8-10-17)12-5-6-12/h12H,3-10H2,1-2H3. The molecule has 1 heterocycles. The summed E-state index contributed by atoms with van der Waals surface area (Å²) in [7, 11) is 0. The molecule has 0 bridgehead atoms. The van der Waals surface area contributed by atoms with E-state index in [9.17, 15) is 10.1 Å². The Kier molecular flexibility index (Phi) is 3.91. The summed E-state index contributed by atoms with van der Waals surface area (Å²) in [6.45, 7) is 7.41. The molecule has 1 saturated carbocycles. The maximum absolute atomic E-state index is 12.5. The second kappa shape index (κ2) is 5.27. The minimum atomic E-state index is -0.790. The molecule has 100 valence electrons. The highest BCUT2D eigenvalue weighted by atomic mass is 16.2. The molecule has 0 aromatic heterocycles. The molecule has 0 atom stereocenters. The molecular weight excluding hydrogens is 226 g/mol. The van der Waals surface area contributed by atoms with Crippen molar-refractivity contribution in [1.82, 2.24) is 9.80 Å². The van der Waals surface area contributed by atoms with Crippen molar-refractivity contribution < 1.29 is 4.79 Å². The van der Waals surface area contributed by atoms with E-state index in [1.54, 1.807) is 0 Å². The van der Waals surface area contributed by atoms with E-state index in [-0.39, 0.29) is 5.91 Å². The number of amides is 1. The number of piperazine rings is 1. The molecule has 0 N–H and O–H groups in total. The molecule has 1 amide bonds. The molecule has 0 unspecified atom stereocenters. The number of rotatable bonds is 4. The Morgan fingerprint density at radius 3 is 2.17 bits per heavy atom. The summed E-state index contributed by atoms with van der Waals surface area (Å²) in [5.41, 5.74) is -0.790. The predicted molar refractivity (Wildman–Crippen MR) is 69.8 cm³/mol. The van der Waals surface area contributed by atoms with E-state index in [2.05, 4.69) is 11.0 Å². The van der Waals surface area contributed by atoms with Gasteiger partial charge < -0.3 is 4.90 Å². The zero-order valence-electron chi connectivity index (χ0n) is 11.5. The zero-order chi connectivity index (χ0) is 13.2. The van der Waals surface area contributed by atoms with Crippen LogP contribution in [0.25, 0.3) is 0 Å². The SMILES string of the molecule is CCC(C#N)(CC)C(=O)N1CCN(C2CC2)CC1. The van der Waals surface area contributed by atoms with Gasteiger partial charge in [0.25, 0.3) is 0 Å². The van der Waals surface area contributed by atoms with E-state index in [0.717, 1.165) is 32.2 Å². The van der Waals surface area contributed by atoms with E-state index in [1.165, 1.54) is 12.8 Å². The third-order valence-corrected chi connectivity index (χ3v) is 4.50. The number of hydrogen-bond donors (Lipinski definition) is 0. The summed E-state index contributed by atoms with van der Waals surface area (Å²) in [4.78, 5) is 16.9. The lowest BCUT2D eigenvalue weighted by Crippen LogP contribution is -2.53. The highest BCUT2D eigenvalue weighted by Crippen LogP contribution is 2.31. The van der Waals surface area contributed by atoms with Gasteiger partial charge >= 0.3 is 0 Å². The van der Waals surface area contributed by atoms with Gasteiger partial charge in [-0.05, 0) is 25.7 Å². The predicted octanol–water partition coefficient (Wildman–Crippen LogP) is 1.62. The van der Waals surface area contributed by atoms with Gasteiger partial charge in [0.15, 0.2) is 0 Å². The summed E-state index contributed by atoms with van der Waals surface area (Å²) in [6, 6.07) is 3.03. The van der Waals surface area contributed by atoms with Gasteiger partial charge in [0, 0.05) is 32.2 Å². The highest BCUT2D eigenvalue weighted by molar-refractivity contribution is 5.85. The Morgan fingerprint density at radius 2 is 1.78 bits per heavy atom. The van der Waals surface area contributed by atoms with Crippen LogP contribution in [0.3, 0.4) is 0 Å². The normalized spacial score (nSPS) is 21.7. The first-order valence-corrected chi connectivity index (χ1v) is 7.11. The minimum absolute atomic E-state index is 0.0467. The molecule has 0 radical (unpaired) electrons. The van der Waals surface area contributed by atoms with E-state index in [0.29, 0.717) is 12.8 Å². The maximum Gasteiger partial charge on any atom is 0.243 e. The van der Waals surface area contributed by atoms with Crippen LogP contribution < -0.4 is 0 Å². The molecule has 4 heteroatoms. The quantitative estimate of drug-likeness (QED) is 0.760. The van der Waals surface area contributed by atoms with Crippen LogP contribution in [0, 0.1) is 16.7 Å². The minimum Gasteiger partial charge on any atom is -0.339 e. The molecule has 1 aliphatic heterocycles. The number of carbonyl (C=O) groups is 1. The van der Waals surface area contributed by atoms with Crippen LogP contribution in [-0.2, 0) is 4.79 Å². The first kappa shape index (κ1) is 13.4. The Hall–Kier alpha value is -1.08. The number of nitriles is 1. The summed E-state index contributed by atoms with van der Waals surface area (Å²) in [5, 5.41) is 9.32. The fraction of sp³-hybridized carbons (Fsp3) is 0.857. The van der Waals surface area contributed by atoms with E-state index in [4.69, 9.17) is 0 Å². The third kappa shape index (κ3) is 2.37. The van der Waals surface area contributed by atoms with Gasteiger partial charge in [-0.15, -0.1) is 0 Å². The Morgan fingerprint density at radius 1 is 1.22 bits per heavy atom. The number of hydrogen-bond acceptors (Lipinski definition) is 3. The molecule has 2 rings (SSSR count). The maximum atomic E-state index is 12.5. The fourth-order valence-corrected chi connectivity index (χ4v) is 2.79. The topological polar surface area (TPSA) is 47.3 Å². The van der Waals surface area contributed by atoms with Gasteiger partial charge in [0.1, 0.15) is 5.41 Å². The van der Waals surface area contributed by atoms with Gasteiger partial charge in [-0.3, -0.25) is 9.69 Å². The van der Waals surface area contributed by atoms with Crippen molar-refractivity contribution in [3.05, 3.63) is 0 Å². The van der Waals surface area contributed by atoms with Crippen LogP contribution in [0.1, 0.15) is 39.5 Å². The van der Waals surface area contributed by atoms with Crippen molar-refractivity contribution in [2.45, 2.75) is 45.6 Å². The van der Waals surface area contributed by atoms with Crippen LogP contribution in [0.5, 0.6) is 0 Å². The average Bonchev–Trinajstić information content (AvgIpc) is 3.26. The van der Waals surface area contributed by atoms with Crippen LogP contribution in [0.4, 0.5) is 0 Å². The van der Waals surface area contributed by atoms with Crippen LogP contribution in [0.2, 0.25) is 0 Å². The van der Waals surface area contributed by atoms with Crippen LogP contribution >= 0.6 is 0 Å². The Bertz CT molecular complexity index is 345. The Balaban J connectivity index is 1.95. The lowest BCUT2D eigenvalue weighted by molar-refractivity contribution is -0.141. The summed E-state index contributed by atoms with van der Waals surface area (Å²) >= 11 is 0. The van der Waals surface area contributed by atoms with Gasteiger partial charge in [-0.25, -0.2) is 0 Å². The van der Waals surface area contributed by atoms with Gasteiger partial charge in [0.2, 0.25) is 5.91 Å². The highest BCUT2D eigenvalue weighted by Gasteiger charge is 2.40. The molecule has 4 nitrogen and oxygen atoms in total. The van der Waals surface area contributed by atoms with Crippen LogP contribution in [0.15, 0.2) is 0 Å². The van der Waals surface area contributed by atoms with Crippen molar-refractivity contribution in [3.63, 3.8) is 0 Å².